The summed E-state index contributed by atoms with van der Waals surface area (Å²) in [7, 11) is -3.83. The lowest BCUT2D eigenvalue weighted by Crippen LogP contribution is -2.29. The van der Waals surface area contributed by atoms with Crippen LogP contribution in [0.2, 0.25) is 0 Å². The van der Waals surface area contributed by atoms with E-state index >= 15 is 0 Å². The zero-order chi connectivity index (χ0) is 16.8. The van der Waals surface area contributed by atoms with Crippen molar-refractivity contribution in [3.63, 3.8) is 0 Å². The van der Waals surface area contributed by atoms with Crippen molar-refractivity contribution in [1.29, 1.82) is 5.26 Å². The van der Waals surface area contributed by atoms with E-state index in [4.69, 9.17) is 10.00 Å². The number of nitrogens with zero attached hydrogens (tertiary/aromatic N) is 1. The molecule has 0 amide bonds. The molecule has 120 valence electrons. The fraction of sp³-hybridized carbons (Fsp3) is 0.467. The molecule has 0 saturated carbocycles. The number of nitriles is 1. The highest BCUT2D eigenvalue weighted by Gasteiger charge is 2.25. The van der Waals surface area contributed by atoms with Gasteiger partial charge in [0.2, 0.25) is 10.0 Å². The van der Waals surface area contributed by atoms with Crippen LogP contribution in [-0.2, 0) is 14.8 Å². The number of ether oxygens (including phenoxy) is 1. The molecule has 0 unspecified atom stereocenters. The lowest BCUT2D eigenvalue weighted by molar-refractivity contribution is 0.00651. The Bertz CT molecular complexity index is 670. The fourth-order valence-corrected chi connectivity index (χ4v) is 2.92. The van der Waals surface area contributed by atoms with Gasteiger partial charge < -0.3 is 4.74 Å². The van der Waals surface area contributed by atoms with Gasteiger partial charge in [0.1, 0.15) is 5.60 Å². The van der Waals surface area contributed by atoms with Crippen molar-refractivity contribution in [1.82, 2.24) is 4.72 Å². The van der Waals surface area contributed by atoms with Gasteiger partial charge in [0.05, 0.1) is 16.5 Å². The number of rotatable bonds is 6. The van der Waals surface area contributed by atoms with Crippen LogP contribution in [0, 0.1) is 11.3 Å². The first-order chi connectivity index (χ1) is 10.2. The number of esters is 1. The van der Waals surface area contributed by atoms with Crippen LogP contribution >= 0.6 is 0 Å². The summed E-state index contributed by atoms with van der Waals surface area (Å²) in [6.07, 6.45) is 0.667. The van der Waals surface area contributed by atoms with Crippen molar-refractivity contribution in [2.45, 2.75) is 44.1 Å². The highest BCUT2D eigenvalue weighted by molar-refractivity contribution is 7.89. The summed E-state index contributed by atoms with van der Waals surface area (Å²) in [5, 5.41) is 8.45. The van der Waals surface area contributed by atoms with Gasteiger partial charge in [-0.3, -0.25) is 0 Å². The average molecular weight is 324 g/mol. The van der Waals surface area contributed by atoms with Crippen LogP contribution in [-0.4, -0.2) is 26.5 Å². The van der Waals surface area contributed by atoms with Crippen LogP contribution in [0.3, 0.4) is 0 Å². The van der Waals surface area contributed by atoms with E-state index < -0.39 is 21.6 Å². The molecular formula is C15H20N2O4S. The zero-order valence-corrected chi connectivity index (χ0v) is 13.7. The molecule has 22 heavy (non-hydrogen) atoms. The van der Waals surface area contributed by atoms with Crippen LogP contribution in [0.4, 0.5) is 0 Å². The largest absolute Gasteiger partial charge is 0.456 e. The number of carbonyl (C=O) groups excluding carboxylic acids is 1. The Morgan fingerprint density at radius 1 is 1.32 bits per heavy atom. The summed E-state index contributed by atoms with van der Waals surface area (Å²) in [5.41, 5.74) is -0.723. The maximum absolute atomic E-state index is 12.3. The van der Waals surface area contributed by atoms with Gasteiger partial charge in [0.25, 0.3) is 0 Å². The molecule has 0 saturated heterocycles. The quantitative estimate of drug-likeness (QED) is 0.639. The van der Waals surface area contributed by atoms with E-state index in [0.29, 0.717) is 6.42 Å². The van der Waals surface area contributed by atoms with Crippen molar-refractivity contribution in [2.24, 2.45) is 0 Å². The smallest absolute Gasteiger partial charge is 0.340 e. The Labute approximate surface area is 131 Å². The van der Waals surface area contributed by atoms with Crippen LogP contribution < -0.4 is 4.72 Å². The molecule has 0 aliphatic carbocycles. The second-order valence-electron chi connectivity index (χ2n) is 5.66. The van der Waals surface area contributed by atoms with Gasteiger partial charge in [-0.1, -0.05) is 12.1 Å². The van der Waals surface area contributed by atoms with E-state index in [1.807, 2.05) is 6.07 Å². The SMILES string of the molecule is CC(C)(C)OC(=O)c1ccccc1S(=O)(=O)NCCCC#N. The average Bonchev–Trinajstić information content (AvgIpc) is 2.42. The number of hydrogen-bond donors (Lipinski definition) is 1. The topological polar surface area (TPSA) is 96.3 Å². The molecule has 0 aliphatic rings. The Kier molecular flexibility index (Phi) is 6.09. The summed E-state index contributed by atoms with van der Waals surface area (Å²) in [6, 6.07) is 7.82. The molecular weight excluding hydrogens is 304 g/mol. The van der Waals surface area contributed by atoms with E-state index in [1.54, 1.807) is 26.8 Å². The summed E-state index contributed by atoms with van der Waals surface area (Å²) in [4.78, 5) is 12.0. The minimum atomic E-state index is -3.83. The molecule has 0 heterocycles. The van der Waals surface area contributed by atoms with Crippen molar-refractivity contribution in [2.75, 3.05) is 6.54 Å². The maximum atomic E-state index is 12.3. The lowest BCUT2D eigenvalue weighted by atomic mass is 10.1. The lowest BCUT2D eigenvalue weighted by Gasteiger charge is -2.20. The van der Waals surface area contributed by atoms with E-state index in [1.165, 1.54) is 18.2 Å². The van der Waals surface area contributed by atoms with Gasteiger partial charge in [0.15, 0.2) is 0 Å². The van der Waals surface area contributed by atoms with Gasteiger partial charge in [-0.2, -0.15) is 5.26 Å². The second kappa shape index (κ2) is 7.38. The van der Waals surface area contributed by atoms with Crippen LogP contribution in [0.5, 0.6) is 0 Å². The third kappa shape index (κ3) is 5.47. The molecule has 7 heteroatoms. The van der Waals surface area contributed by atoms with E-state index in [-0.39, 0.29) is 23.4 Å². The van der Waals surface area contributed by atoms with E-state index in [0.717, 1.165) is 0 Å². The molecule has 0 aliphatic heterocycles. The van der Waals surface area contributed by atoms with E-state index in [2.05, 4.69) is 4.72 Å². The second-order valence-corrected chi connectivity index (χ2v) is 7.39. The van der Waals surface area contributed by atoms with Crippen molar-refractivity contribution in [3.8, 4) is 6.07 Å². The number of hydrogen-bond acceptors (Lipinski definition) is 5. The number of benzene rings is 1. The first kappa shape index (κ1) is 18.1. The Balaban J connectivity index is 3.01. The molecule has 0 spiro atoms. The van der Waals surface area contributed by atoms with Crippen molar-refractivity contribution >= 4 is 16.0 Å². The van der Waals surface area contributed by atoms with Crippen molar-refractivity contribution in [3.05, 3.63) is 29.8 Å². The molecule has 6 nitrogen and oxygen atoms in total. The summed E-state index contributed by atoms with van der Waals surface area (Å²) >= 11 is 0. The monoisotopic (exact) mass is 324 g/mol. The highest BCUT2D eigenvalue weighted by Crippen LogP contribution is 2.19. The molecule has 0 radical (unpaired) electrons. The van der Waals surface area contributed by atoms with Gasteiger partial charge in [-0.25, -0.2) is 17.9 Å². The van der Waals surface area contributed by atoms with Crippen molar-refractivity contribution < 1.29 is 17.9 Å². The first-order valence-electron chi connectivity index (χ1n) is 6.86. The van der Waals surface area contributed by atoms with Gasteiger partial charge >= 0.3 is 5.97 Å². The first-order valence-corrected chi connectivity index (χ1v) is 8.35. The molecule has 0 atom stereocenters. The van der Waals surface area contributed by atoms with Gasteiger partial charge in [-0.05, 0) is 39.3 Å². The Hall–Kier alpha value is -1.91. The minimum absolute atomic E-state index is 0.00907. The molecule has 1 aromatic rings. The predicted octanol–water partition coefficient (Wildman–Crippen LogP) is 2.22. The normalized spacial score (nSPS) is 11.7. The third-order valence-electron chi connectivity index (χ3n) is 2.55. The summed E-state index contributed by atoms with van der Waals surface area (Å²) in [6.45, 7) is 5.27. The van der Waals surface area contributed by atoms with Gasteiger partial charge in [-0.15, -0.1) is 0 Å². The van der Waals surface area contributed by atoms with Crippen LogP contribution in [0.1, 0.15) is 44.0 Å². The number of sulfonamides is 1. The third-order valence-corrected chi connectivity index (χ3v) is 4.07. The standard InChI is InChI=1S/C15H20N2O4S/c1-15(2,3)21-14(18)12-8-4-5-9-13(12)22(19,20)17-11-7-6-10-16/h4-5,8-9,17H,6-7,11H2,1-3H3. The molecule has 0 aromatic heterocycles. The predicted molar refractivity (Wildman–Crippen MR) is 81.6 cm³/mol. The molecule has 1 aromatic carbocycles. The maximum Gasteiger partial charge on any atom is 0.340 e. The number of unbranched alkanes of at least 4 members (excludes halogenated alkanes) is 1. The molecule has 0 fully saturated rings. The zero-order valence-electron chi connectivity index (χ0n) is 12.9. The Morgan fingerprint density at radius 3 is 2.55 bits per heavy atom. The fourth-order valence-electron chi connectivity index (χ4n) is 1.65. The van der Waals surface area contributed by atoms with Crippen LogP contribution in [0.15, 0.2) is 29.2 Å². The van der Waals surface area contributed by atoms with Gasteiger partial charge in [0, 0.05) is 13.0 Å². The molecule has 1 N–H and O–H groups in total. The number of nitrogens with one attached hydrogen (secondary N) is 1. The minimum Gasteiger partial charge on any atom is -0.456 e. The number of carbonyl (C=O) groups is 1. The molecule has 0 bridgehead atoms. The Morgan fingerprint density at radius 2 is 1.95 bits per heavy atom. The summed E-state index contributed by atoms with van der Waals surface area (Å²) in [5.74, 6) is -0.689. The highest BCUT2D eigenvalue weighted by atomic mass is 32.2. The summed E-state index contributed by atoms with van der Waals surface area (Å²) < 4.78 is 32.2. The van der Waals surface area contributed by atoms with E-state index in [9.17, 15) is 13.2 Å². The van der Waals surface area contributed by atoms with Crippen LogP contribution in [0.25, 0.3) is 0 Å². The molecule has 1 rings (SSSR count).